The number of allylic oxidation sites excluding steroid dienone is 2. The van der Waals surface area contributed by atoms with Crippen LogP contribution in [-0.4, -0.2) is 42.3 Å². The number of methoxy groups -OCH3 is 2. The normalized spacial score (nSPS) is 23.5. The standard InChI is InChI=1S/C24H20N2O4/c1-29-15-7-13-8-18(25-22(13)20(9-15)30-2)23(28)26-12-14-11-24(14)17-6-4-3-5-16(17)19(27)10-21(24)26/h3-10,14,25H,11-12H2,1-2H3/t14-,24-/m1/s1. The number of amides is 1. The number of nitrogens with one attached hydrogen (secondary N) is 1. The number of nitrogens with zero attached hydrogens (tertiary/aromatic N) is 1. The van der Waals surface area contributed by atoms with Crippen molar-refractivity contribution in [3.8, 4) is 11.5 Å². The average Bonchev–Trinajstić information content (AvgIpc) is 3.15. The SMILES string of the molecule is COc1cc(OC)c2[nH]c(C(=O)N3C[C@H]4C[C@@]45C3=CC(=O)c3ccccc35)cc2c1. The smallest absolute Gasteiger partial charge is 0.274 e. The molecule has 1 aromatic heterocycles. The molecule has 1 saturated heterocycles. The Morgan fingerprint density at radius 3 is 2.80 bits per heavy atom. The van der Waals surface area contributed by atoms with E-state index in [9.17, 15) is 9.59 Å². The number of fused-ring (bicyclic) bond motifs is 2. The zero-order valence-electron chi connectivity index (χ0n) is 16.7. The topological polar surface area (TPSA) is 71.6 Å². The van der Waals surface area contributed by atoms with Gasteiger partial charge < -0.3 is 19.4 Å². The highest BCUT2D eigenvalue weighted by molar-refractivity contribution is 6.10. The van der Waals surface area contributed by atoms with Gasteiger partial charge in [0.25, 0.3) is 5.91 Å². The number of carbonyl (C=O) groups is 2. The molecule has 2 heterocycles. The van der Waals surface area contributed by atoms with E-state index in [2.05, 4.69) is 4.98 Å². The van der Waals surface area contributed by atoms with Gasteiger partial charge in [-0.2, -0.15) is 0 Å². The number of benzene rings is 2. The molecule has 6 nitrogen and oxygen atoms in total. The van der Waals surface area contributed by atoms with Crippen LogP contribution in [0, 0.1) is 5.92 Å². The lowest BCUT2D eigenvalue weighted by molar-refractivity contribution is 0.0806. The predicted molar refractivity (Wildman–Crippen MR) is 111 cm³/mol. The molecule has 2 aromatic carbocycles. The number of ether oxygens (including phenoxy) is 2. The zero-order chi connectivity index (χ0) is 20.6. The quantitative estimate of drug-likeness (QED) is 0.728. The molecular formula is C24H20N2O4. The second-order valence-corrected chi connectivity index (χ2v) is 8.20. The summed E-state index contributed by atoms with van der Waals surface area (Å²) in [5.74, 6) is 1.49. The number of ketones is 1. The maximum absolute atomic E-state index is 13.5. The van der Waals surface area contributed by atoms with Gasteiger partial charge in [-0.25, -0.2) is 0 Å². The first kappa shape index (κ1) is 17.3. The maximum Gasteiger partial charge on any atom is 0.274 e. The first-order chi connectivity index (χ1) is 14.6. The summed E-state index contributed by atoms with van der Waals surface area (Å²) in [6.07, 6.45) is 2.66. The Labute approximate surface area is 173 Å². The van der Waals surface area contributed by atoms with E-state index in [0.29, 0.717) is 29.7 Å². The molecule has 150 valence electrons. The highest BCUT2D eigenvalue weighted by atomic mass is 16.5. The monoisotopic (exact) mass is 400 g/mol. The van der Waals surface area contributed by atoms with Crippen LogP contribution in [0.1, 0.15) is 32.8 Å². The van der Waals surface area contributed by atoms with Crippen molar-refractivity contribution in [3.05, 3.63) is 71.1 Å². The van der Waals surface area contributed by atoms with Gasteiger partial charge >= 0.3 is 0 Å². The van der Waals surface area contributed by atoms with E-state index in [4.69, 9.17) is 9.47 Å². The van der Waals surface area contributed by atoms with Crippen LogP contribution in [0.15, 0.2) is 54.2 Å². The van der Waals surface area contributed by atoms with Crippen molar-refractivity contribution in [1.82, 2.24) is 9.88 Å². The van der Waals surface area contributed by atoms with Gasteiger partial charge in [-0.05, 0) is 30.0 Å². The third-order valence-corrected chi connectivity index (χ3v) is 6.79. The number of aromatic nitrogens is 1. The van der Waals surface area contributed by atoms with Crippen LogP contribution in [0.25, 0.3) is 10.9 Å². The number of likely N-dealkylation sites (tertiary alicyclic amines) is 1. The largest absolute Gasteiger partial charge is 0.497 e. The minimum Gasteiger partial charge on any atom is -0.497 e. The number of aromatic amines is 1. The van der Waals surface area contributed by atoms with E-state index in [-0.39, 0.29) is 17.1 Å². The van der Waals surface area contributed by atoms with Gasteiger partial charge in [-0.1, -0.05) is 24.3 Å². The van der Waals surface area contributed by atoms with Crippen LogP contribution in [0.5, 0.6) is 11.5 Å². The summed E-state index contributed by atoms with van der Waals surface area (Å²) < 4.78 is 10.8. The Balaban J connectivity index is 1.42. The fraction of sp³-hybridized carbons (Fsp3) is 0.250. The number of rotatable bonds is 3. The van der Waals surface area contributed by atoms with E-state index in [1.807, 2.05) is 36.4 Å². The zero-order valence-corrected chi connectivity index (χ0v) is 16.7. The average molecular weight is 400 g/mol. The van der Waals surface area contributed by atoms with Gasteiger partial charge in [0.1, 0.15) is 17.2 Å². The lowest BCUT2D eigenvalue weighted by Crippen LogP contribution is -2.33. The first-order valence-electron chi connectivity index (χ1n) is 9.99. The summed E-state index contributed by atoms with van der Waals surface area (Å²) in [7, 11) is 3.18. The highest BCUT2D eigenvalue weighted by Crippen LogP contribution is 2.66. The van der Waals surface area contributed by atoms with Crippen molar-refractivity contribution in [2.24, 2.45) is 5.92 Å². The Hall–Kier alpha value is -3.54. The molecule has 2 atom stereocenters. The second-order valence-electron chi connectivity index (χ2n) is 8.20. The second kappa shape index (κ2) is 5.75. The van der Waals surface area contributed by atoms with Gasteiger partial charge in [0, 0.05) is 40.7 Å². The molecule has 3 aromatic rings. The van der Waals surface area contributed by atoms with Gasteiger partial charge in [0.05, 0.1) is 19.7 Å². The summed E-state index contributed by atoms with van der Waals surface area (Å²) in [6, 6.07) is 13.3. The molecule has 6 heteroatoms. The molecule has 3 aliphatic rings. The van der Waals surface area contributed by atoms with E-state index in [1.165, 1.54) is 0 Å². The molecule has 6 rings (SSSR count). The molecule has 0 radical (unpaired) electrons. The lowest BCUT2D eigenvalue weighted by atomic mass is 9.81. The lowest BCUT2D eigenvalue weighted by Gasteiger charge is -2.29. The van der Waals surface area contributed by atoms with Crippen molar-refractivity contribution in [1.29, 1.82) is 0 Å². The molecule has 1 saturated carbocycles. The third-order valence-electron chi connectivity index (χ3n) is 6.79. The number of H-pyrrole nitrogens is 1. The van der Waals surface area contributed by atoms with Crippen molar-refractivity contribution in [3.63, 3.8) is 0 Å². The summed E-state index contributed by atoms with van der Waals surface area (Å²) in [4.78, 5) is 31.2. The molecule has 1 amide bonds. The van der Waals surface area contributed by atoms with Crippen molar-refractivity contribution < 1.29 is 19.1 Å². The van der Waals surface area contributed by atoms with Gasteiger partial charge in [-0.15, -0.1) is 0 Å². The summed E-state index contributed by atoms with van der Waals surface area (Å²) in [5.41, 5.74) is 3.70. The molecule has 30 heavy (non-hydrogen) atoms. The number of hydrogen-bond donors (Lipinski definition) is 1. The number of piperidine rings is 1. The maximum atomic E-state index is 13.5. The predicted octanol–water partition coefficient (Wildman–Crippen LogP) is 3.68. The van der Waals surface area contributed by atoms with Gasteiger partial charge in [-0.3, -0.25) is 9.59 Å². The molecule has 1 N–H and O–H groups in total. The van der Waals surface area contributed by atoms with Crippen molar-refractivity contribution in [2.45, 2.75) is 11.8 Å². The van der Waals surface area contributed by atoms with E-state index < -0.39 is 0 Å². The van der Waals surface area contributed by atoms with Crippen LogP contribution in [0.2, 0.25) is 0 Å². The fourth-order valence-corrected chi connectivity index (χ4v) is 5.30. The van der Waals surface area contributed by atoms with Crippen LogP contribution < -0.4 is 9.47 Å². The van der Waals surface area contributed by atoms with Crippen LogP contribution in [0.4, 0.5) is 0 Å². The van der Waals surface area contributed by atoms with Crippen molar-refractivity contribution >= 4 is 22.6 Å². The molecule has 2 aliphatic carbocycles. The molecule has 0 unspecified atom stereocenters. The third kappa shape index (κ3) is 2.08. The Morgan fingerprint density at radius 2 is 2.00 bits per heavy atom. The molecule has 2 fully saturated rings. The summed E-state index contributed by atoms with van der Waals surface area (Å²) in [5, 5.41) is 0.840. The Morgan fingerprint density at radius 1 is 1.17 bits per heavy atom. The van der Waals surface area contributed by atoms with Crippen LogP contribution in [0.3, 0.4) is 0 Å². The fourth-order valence-electron chi connectivity index (χ4n) is 5.30. The first-order valence-corrected chi connectivity index (χ1v) is 9.99. The number of carbonyl (C=O) groups excluding carboxylic acids is 2. The van der Waals surface area contributed by atoms with Gasteiger partial charge in [0.2, 0.25) is 0 Å². The minimum absolute atomic E-state index is 0.0281. The van der Waals surface area contributed by atoms with E-state index in [1.54, 1.807) is 31.3 Å². The van der Waals surface area contributed by atoms with E-state index >= 15 is 0 Å². The van der Waals surface area contributed by atoms with Crippen LogP contribution >= 0.6 is 0 Å². The highest BCUT2D eigenvalue weighted by Gasteiger charge is 2.67. The van der Waals surface area contributed by atoms with Crippen molar-refractivity contribution in [2.75, 3.05) is 20.8 Å². The molecule has 0 bridgehead atoms. The van der Waals surface area contributed by atoms with Crippen LogP contribution in [-0.2, 0) is 5.41 Å². The molecule has 1 spiro atoms. The Kier molecular flexibility index (Phi) is 3.32. The minimum atomic E-state index is -0.187. The Bertz CT molecular complexity index is 1290. The summed E-state index contributed by atoms with van der Waals surface area (Å²) in [6.45, 7) is 0.627. The molecule has 1 aliphatic heterocycles. The van der Waals surface area contributed by atoms with E-state index in [0.717, 1.165) is 34.1 Å². The van der Waals surface area contributed by atoms with Gasteiger partial charge in [0.15, 0.2) is 5.78 Å². The number of hydrogen-bond acceptors (Lipinski definition) is 4. The summed E-state index contributed by atoms with van der Waals surface area (Å²) >= 11 is 0. The molecular weight excluding hydrogens is 380 g/mol.